The fourth-order valence-corrected chi connectivity index (χ4v) is 3.89. The number of benzene rings is 2. The first-order valence-electron chi connectivity index (χ1n) is 5.49. The van der Waals surface area contributed by atoms with Gasteiger partial charge in [0.2, 0.25) is 0 Å². The lowest BCUT2D eigenvalue weighted by molar-refractivity contribution is 1.15. The summed E-state index contributed by atoms with van der Waals surface area (Å²) >= 11 is 0. The summed E-state index contributed by atoms with van der Waals surface area (Å²) in [6, 6.07) is 21.3. The molecule has 0 saturated carbocycles. The van der Waals surface area contributed by atoms with E-state index in [1.165, 1.54) is 10.6 Å². The molecule has 0 fully saturated rings. The van der Waals surface area contributed by atoms with E-state index >= 15 is 0 Å². The van der Waals surface area contributed by atoms with E-state index in [2.05, 4.69) is 60.7 Å². The Balaban J connectivity index is 0.00000144. The maximum absolute atomic E-state index is 5.72. The lowest BCUT2D eigenvalue weighted by atomic mass is 10.4. The van der Waals surface area contributed by atoms with Gasteiger partial charge in [-0.25, -0.2) is 0 Å². The van der Waals surface area contributed by atoms with Crippen LogP contribution in [-0.4, -0.2) is 21.1 Å². The topological polar surface area (TPSA) is 26.0 Å². The Morgan fingerprint density at radius 3 is 1.53 bits per heavy atom. The molecule has 0 heterocycles. The molecule has 0 unspecified atom stereocenters. The Labute approximate surface area is 106 Å². The average molecular weight is 240 g/mol. The number of hydrogen-bond donors (Lipinski definition) is 1. The highest BCUT2D eigenvalue weighted by Crippen LogP contribution is 2.32. The van der Waals surface area contributed by atoms with Crippen molar-refractivity contribution in [3.63, 3.8) is 0 Å². The van der Waals surface area contributed by atoms with Gasteiger partial charge >= 0.3 is 0 Å². The predicted molar refractivity (Wildman–Crippen MR) is 78.7 cm³/mol. The third-order valence-corrected chi connectivity index (χ3v) is 5.04. The Morgan fingerprint density at radius 2 is 1.18 bits per heavy atom. The summed E-state index contributed by atoms with van der Waals surface area (Å²) in [7, 11) is -0.276. The fraction of sp³-hybridized carbons (Fsp3) is 0.143. The smallest absolute Gasteiger partial charge is 0 e. The molecule has 2 N–H and O–H groups in total. The second-order valence-electron chi connectivity index (χ2n) is 3.61. The fourth-order valence-electron chi connectivity index (χ4n) is 1.75. The van der Waals surface area contributed by atoms with E-state index in [0.717, 1.165) is 12.7 Å². The second kappa shape index (κ2) is 7.27. The Kier molecular flexibility index (Phi) is 5.97. The van der Waals surface area contributed by atoms with Crippen molar-refractivity contribution in [2.75, 3.05) is 12.7 Å². The number of hydrogen-bond acceptors (Lipinski definition) is 1. The second-order valence-corrected chi connectivity index (χ2v) is 5.95. The van der Waals surface area contributed by atoms with Crippen LogP contribution in [0.2, 0.25) is 0 Å². The average Bonchev–Trinajstić information content (AvgIpc) is 2.38. The zero-order chi connectivity index (χ0) is 11.2. The van der Waals surface area contributed by atoms with E-state index in [1.807, 2.05) is 0 Å². The van der Waals surface area contributed by atoms with Gasteiger partial charge < -0.3 is 5.73 Å². The molecule has 0 saturated heterocycles. The van der Waals surface area contributed by atoms with Gasteiger partial charge in [0.15, 0.2) is 0 Å². The van der Waals surface area contributed by atoms with Crippen LogP contribution in [0, 0.1) is 0 Å². The normalized spacial score (nSPS) is 10.0. The predicted octanol–water partition coefficient (Wildman–Crippen LogP) is 1.70. The molecule has 2 rings (SSSR count). The van der Waals surface area contributed by atoms with E-state index < -0.39 is 0 Å². The zero-order valence-electron chi connectivity index (χ0n) is 9.79. The van der Waals surface area contributed by atoms with Gasteiger partial charge in [0.1, 0.15) is 0 Å². The van der Waals surface area contributed by atoms with E-state index in [4.69, 9.17) is 5.73 Å². The molecule has 17 heavy (non-hydrogen) atoms. The molecule has 3 heteroatoms. The van der Waals surface area contributed by atoms with Gasteiger partial charge in [-0.1, -0.05) is 60.7 Å². The molecule has 0 amide bonds. The molecule has 0 atom stereocenters. The van der Waals surface area contributed by atoms with Crippen molar-refractivity contribution in [2.24, 2.45) is 5.73 Å². The standard InChI is InChI=1S/C14H16NP.B/c15-11-12-16(13-7-3-1-4-8-13)14-9-5-2-6-10-14;/h1-10H,11-12,15H2;. The lowest BCUT2D eigenvalue weighted by Crippen LogP contribution is -2.18. The summed E-state index contributed by atoms with van der Waals surface area (Å²) < 4.78 is 0. The summed E-state index contributed by atoms with van der Waals surface area (Å²) in [5.74, 6) is 0. The zero-order valence-corrected chi connectivity index (χ0v) is 10.7. The lowest BCUT2D eigenvalue weighted by Gasteiger charge is -2.17. The first-order valence-corrected chi connectivity index (χ1v) is 7.02. The van der Waals surface area contributed by atoms with Gasteiger partial charge in [-0.2, -0.15) is 0 Å². The molecular formula is C14H16BNP. The van der Waals surface area contributed by atoms with Crippen LogP contribution < -0.4 is 16.3 Å². The van der Waals surface area contributed by atoms with Crippen LogP contribution in [0.4, 0.5) is 0 Å². The highest BCUT2D eigenvalue weighted by Gasteiger charge is 2.11. The maximum Gasteiger partial charge on any atom is 0 e. The van der Waals surface area contributed by atoms with Gasteiger partial charge in [-0.3, -0.25) is 0 Å². The quantitative estimate of drug-likeness (QED) is 0.638. The Morgan fingerprint density at radius 1 is 0.765 bits per heavy atom. The molecule has 0 aliphatic heterocycles. The minimum atomic E-state index is -0.276. The molecule has 2 aromatic carbocycles. The van der Waals surface area contributed by atoms with Crippen LogP contribution in [0.1, 0.15) is 0 Å². The van der Waals surface area contributed by atoms with Gasteiger partial charge in [0, 0.05) is 8.41 Å². The monoisotopic (exact) mass is 240 g/mol. The summed E-state index contributed by atoms with van der Waals surface area (Å²) in [6.07, 6.45) is 1.06. The van der Waals surface area contributed by atoms with Gasteiger partial charge in [0.25, 0.3) is 0 Å². The molecule has 2 aromatic rings. The minimum absolute atomic E-state index is 0. The summed E-state index contributed by atoms with van der Waals surface area (Å²) in [5, 5.41) is 2.82. The van der Waals surface area contributed by atoms with Gasteiger partial charge in [-0.05, 0) is 31.2 Å². The molecule has 0 spiro atoms. The van der Waals surface area contributed by atoms with Crippen molar-refractivity contribution in [1.82, 2.24) is 0 Å². The highest BCUT2D eigenvalue weighted by atomic mass is 31.1. The van der Waals surface area contributed by atoms with Crippen molar-refractivity contribution >= 4 is 26.9 Å². The van der Waals surface area contributed by atoms with E-state index in [1.54, 1.807) is 0 Å². The molecule has 1 nitrogen and oxygen atoms in total. The van der Waals surface area contributed by atoms with E-state index in [9.17, 15) is 0 Å². The van der Waals surface area contributed by atoms with Crippen molar-refractivity contribution in [3.05, 3.63) is 60.7 Å². The molecule has 3 radical (unpaired) electrons. The third kappa shape index (κ3) is 3.69. The van der Waals surface area contributed by atoms with Crippen molar-refractivity contribution in [2.45, 2.75) is 0 Å². The van der Waals surface area contributed by atoms with Crippen molar-refractivity contribution < 1.29 is 0 Å². The Bertz CT molecular complexity index is 379. The molecule has 0 bridgehead atoms. The third-order valence-electron chi connectivity index (χ3n) is 2.49. The maximum atomic E-state index is 5.72. The number of nitrogens with two attached hydrogens (primary N) is 1. The molecule has 0 aliphatic carbocycles. The van der Waals surface area contributed by atoms with Crippen molar-refractivity contribution in [3.8, 4) is 0 Å². The van der Waals surface area contributed by atoms with E-state index in [-0.39, 0.29) is 16.3 Å². The molecule has 0 aliphatic rings. The first-order chi connectivity index (χ1) is 7.92. The Hall–Kier alpha value is -1.11. The van der Waals surface area contributed by atoms with Crippen LogP contribution >= 0.6 is 7.92 Å². The molecule has 0 aromatic heterocycles. The van der Waals surface area contributed by atoms with Crippen molar-refractivity contribution in [1.29, 1.82) is 0 Å². The first kappa shape index (κ1) is 14.0. The van der Waals surface area contributed by atoms with Crippen LogP contribution in [0.3, 0.4) is 0 Å². The summed E-state index contributed by atoms with van der Waals surface area (Å²) in [4.78, 5) is 0. The minimum Gasteiger partial charge on any atom is -0.330 e. The largest absolute Gasteiger partial charge is 0.330 e. The van der Waals surface area contributed by atoms with Gasteiger partial charge in [-0.15, -0.1) is 0 Å². The van der Waals surface area contributed by atoms with Crippen LogP contribution in [-0.2, 0) is 0 Å². The molecule has 85 valence electrons. The van der Waals surface area contributed by atoms with Crippen LogP contribution in [0.15, 0.2) is 60.7 Å². The molecular weight excluding hydrogens is 224 g/mol. The highest BCUT2D eigenvalue weighted by molar-refractivity contribution is 7.73. The van der Waals surface area contributed by atoms with Gasteiger partial charge in [0.05, 0.1) is 0 Å². The van der Waals surface area contributed by atoms with Crippen LogP contribution in [0.25, 0.3) is 0 Å². The SMILES string of the molecule is NCCP(c1ccccc1)c1ccccc1.[B]. The number of rotatable bonds is 4. The summed E-state index contributed by atoms with van der Waals surface area (Å²) in [6.45, 7) is 0.746. The summed E-state index contributed by atoms with van der Waals surface area (Å²) in [5.41, 5.74) is 5.72. The van der Waals surface area contributed by atoms with Crippen LogP contribution in [0.5, 0.6) is 0 Å². The van der Waals surface area contributed by atoms with E-state index in [0.29, 0.717) is 0 Å².